The van der Waals surface area contributed by atoms with Crippen LogP contribution in [0.5, 0.6) is 0 Å². The molecule has 2 aromatic heterocycles. The van der Waals surface area contributed by atoms with Crippen molar-refractivity contribution < 1.29 is 0 Å². The molecule has 0 saturated heterocycles. The third kappa shape index (κ3) is 3.84. The van der Waals surface area contributed by atoms with E-state index in [0.717, 1.165) is 34.4 Å². The molecule has 0 aliphatic carbocycles. The van der Waals surface area contributed by atoms with Gasteiger partial charge in [-0.3, -0.25) is 0 Å². The Bertz CT molecular complexity index is 1120. The molecule has 28 heavy (non-hydrogen) atoms. The van der Waals surface area contributed by atoms with Gasteiger partial charge in [-0.05, 0) is 30.7 Å². The van der Waals surface area contributed by atoms with Crippen LogP contribution < -0.4 is 0 Å². The smallest absolute Gasteiger partial charge is 0.191 e. The Kier molecular flexibility index (Phi) is 5.50. The summed E-state index contributed by atoms with van der Waals surface area (Å²) in [6.07, 6.45) is 1.85. The molecule has 0 unspecified atom stereocenters. The molecule has 0 amide bonds. The minimum Gasteiger partial charge on any atom is -0.323 e. The van der Waals surface area contributed by atoms with Crippen LogP contribution in [0.25, 0.3) is 11.0 Å². The molecule has 0 aliphatic heterocycles. The molecule has 0 atom stereocenters. The fraction of sp³-hybridized carbons (Fsp3) is 0.190. The standard InChI is InChI=1S/C21H20ClN5S/c1-3-11-26-15(2)24-25-21(26)28-14-20-23-18-12-17(22)9-10-19(18)27(20)13-16-7-5-4-6-8-16/h3-10,12H,1,11,13-14H2,2H3. The Morgan fingerprint density at radius 2 is 1.93 bits per heavy atom. The first-order valence-electron chi connectivity index (χ1n) is 8.98. The van der Waals surface area contributed by atoms with E-state index in [2.05, 4.69) is 50.2 Å². The third-order valence-electron chi connectivity index (χ3n) is 4.52. The Labute approximate surface area is 173 Å². The second-order valence-electron chi connectivity index (χ2n) is 6.45. The van der Waals surface area contributed by atoms with Crippen molar-refractivity contribution in [2.45, 2.75) is 30.9 Å². The van der Waals surface area contributed by atoms with Gasteiger partial charge in [-0.15, -0.1) is 16.8 Å². The molecule has 0 bridgehead atoms. The second kappa shape index (κ2) is 8.20. The van der Waals surface area contributed by atoms with Gasteiger partial charge in [0.1, 0.15) is 11.6 Å². The van der Waals surface area contributed by atoms with Gasteiger partial charge in [-0.1, -0.05) is 59.8 Å². The van der Waals surface area contributed by atoms with E-state index in [1.54, 1.807) is 11.8 Å². The molecular weight excluding hydrogens is 390 g/mol. The highest BCUT2D eigenvalue weighted by atomic mass is 35.5. The maximum absolute atomic E-state index is 6.19. The van der Waals surface area contributed by atoms with Crippen molar-refractivity contribution in [1.29, 1.82) is 0 Å². The topological polar surface area (TPSA) is 48.5 Å². The van der Waals surface area contributed by atoms with Gasteiger partial charge in [0.05, 0.1) is 16.8 Å². The van der Waals surface area contributed by atoms with Gasteiger partial charge in [-0.2, -0.15) is 0 Å². The third-order valence-corrected chi connectivity index (χ3v) is 5.71. The number of rotatable bonds is 7. The van der Waals surface area contributed by atoms with E-state index >= 15 is 0 Å². The van der Waals surface area contributed by atoms with E-state index in [-0.39, 0.29) is 0 Å². The first-order valence-corrected chi connectivity index (χ1v) is 10.3. The number of benzene rings is 2. The van der Waals surface area contributed by atoms with Crippen molar-refractivity contribution in [1.82, 2.24) is 24.3 Å². The lowest BCUT2D eigenvalue weighted by atomic mass is 10.2. The summed E-state index contributed by atoms with van der Waals surface area (Å²) in [6.45, 7) is 7.22. The van der Waals surface area contributed by atoms with Crippen molar-refractivity contribution in [3.8, 4) is 0 Å². The summed E-state index contributed by atoms with van der Waals surface area (Å²) in [5.74, 6) is 2.55. The van der Waals surface area contributed by atoms with Crippen LogP contribution in [0.15, 0.2) is 66.3 Å². The molecule has 0 saturated carbocycles. The molecule has 0 spiro atoms. The van der Waals surface area contributed by atoms with Crippen LogP contribution in [0.1, 0.15) is 17.2 Å². The summed E-state index contributed by atoms with van der Waals surface area (Å²) in [7, 11) is 0. The Morgan fingerprint density at radius 3 is 2.71 bits per heavy atom. The molecule has 142 valence electrons. The molecule has 0 radical (unpaired) electrons. The Hall–Kier alpha value is -2.57. The largest absolute Gasteiger partial charge is 0.323 e. The van der Waals surface area contributed by atoms with E-state index < -0.39 is 0 Å². The summed E-state index contributed by atoms with van der Waals surface area (Å²) in [5, 5.41) is 10.1. The fourth-order valence-electron chi connectivity index (χ4n) is 3.14. The first kappa shape index (κ1) is 18.8. The summed E-state index contributed by atoms with van der Waals surface area (Å²) in [5.41, 5.74) is 3.21. The van der Waals surface area contributed by atoms with E-state index in [1.165, 1.54) is 5.56 Å². The van der Waals surface area contributed by atoms with Gasteiger partial charge < -0.3 is 9.13 Å². The number of thioether (sulfide) groups is 1. The minimum absolute atomic E-state index is 0.689. The lowest BCUT2D eigenvalue weighted by molar-refractivity contribution is 0.702. The lowest BCUT2D eigenvalue weighted by Gasteiger charge is -2.10. The zero-order chi connectivity index (χ0) is 19.5. The van der Waals surface area contributed by atoms with Crippen LogP contribution in [-0.2, 0) is 18.8 Å². The van der Waals surface area contributed by atoms with Crippen LogP contribution in [0.2, 0.25) is 5.02 Å². The highest BCUT2D eigenvalue weighted by molar-refractivity contribution is 7.98. The average molecular weight is 410 g/mol. The predicted octanol–water partition coefficient (Wildman–Crippen LogP) is 5.12. The van der Waals surface area contributed by atoms with Gasteiger partial charge in [0.2, 0.25) is 0 Å². The Balaban J connectivity index is 1.68. The highest BCUT2D eigenvalue weighted by Crippen LogP contribution is 2.27. The molecule has 4 rings (SSSR count). The zero-order valence-corrected chi connectivity index (χ0v) is 17.1. The fourth-order valence-corrected chi connectivity index (χ4v) is 4.25. The van der Waals surface area contributed by atoms with Gasteiger partial charge in [0.15, 0.2) is 5.16 Å². The van der Waals surface area contributed by atoms with E-state index in [1.807, 2.05) is 37.3 Å². The lowest BCUT2D eigenvalue weighted by Crippen LogP contribution is -2.05. The van der Waals surface area contributed by atoms with Gasteiger partial charge in [-0.25, -0.2) is 4.98 Å². The first-order chi connectivity index (χ1) is 13.7. The van der Waals surface area contributed by atoms with Crippen molar-refractivity contribution >= 4 is 34.4 Å². The summed E-state index contributed by atoms with van der Waals surface area (Å²) >= 11 is 7.82. The number of imidazole rings is 1. The number of halogens is 1. The van der Waals surface area contributed by atoms with Crippen LogP contribution >= 0.6 is 23.4 Å². The molecule has 2 aromatic carbocycles. The quantitative estimate of drug-likeness (QED) is 0.314. The van der Waals surface area contributed by atoms with E-state index in [9.17, 15) is 0 Å². The zero-order valence-electron chi connectivity index (χ0n) is 15.5. The van der Waals surface area contributed by atoms with Crippen LogP contribution in [0.3, 0.4) is 0 Å². The molecule has 4 aromatic rings. The number of allylic oxidation sites excluding steroid dienone is 1. The molecule has 0 fully saturated rings. The molecule has 0 aliphatic rings. The maximum Gasteiger partial charge on any atom is 0.191 e. The monoisotopic (exact) mass is 409 g/mol. The van der Waals surface area contributed by atoms with Gasteiger partial charge in [0.25, 0.3) is 0 Å². The SMILES string of the molecule is C=CCn1c(C)nnc1SCc1nc2cc(Cl)ccc2n1Cc1ccccc1. The van der Waals surface area contributed by atoms with Crippen molar-refractivity contribution in [3.05, 3.63) is 83.4 Å². The maximum atomic E-state index is 6.19. The molecule has 0 N–H and O–H groups in total. The summed E-state index contributed by atoms with van der Waals surface area (Å²) < 4.78 is 4.30. The average Bonchev–Trinajstić information content (AvgIpc) is 3.21. The van der Waals surface area contributed by atoms with Crippen LogP contribution in [0.4, 0.5) is 0 Å². The number of fused-ring (bicyclic) bond motifs is 1. The van der Waals surface area contributed by atoms with Gasteiger partial charge >= 0.3 is 0 Å². The number of hydrogen-bond donors (Lipinski definition) is 0. The van der Waals surface area contributed by atoms with E-state index in [4.69, 9.17) is 16.6 Å². The highest BCUT2D eigenvalue weighted by Gasteiger charge is 2.15. The van der Waals surface area contributed by atoms with Crippen molar-refractivity contribution in [2.75, 3.05) is 0 Å². The number of aromatic nitrogens is 5. The normalized spacial score (nSPS) is 11.2. The summed E-state index contributed by atoms with van der Waals surface area (Å²) in [4.78, 5) is 4.85. The number of nitrogens with zero attached hydrogens (tertiary/aromatic N) is 5. The van der Waals surface area contributed by atoms with E-state index in [0.29, 0.717) is 17.3 Å². The predicted molar refractivity (Wildman–Crippen MR) is 115 cm³/mol. The van der Waals surface area contributed by atoms with Crippen LogP contribution in [-0.4, -0.2) is 24.3 Å². The van der Waals surface area contributed by atoms with Gasteiger partial charge in [0, 0.05) is 18.1 Å². The molecule has 2 heterocycles. The molecule has 7 heteroatoms. The molecule has 5 nitrogen and oxygen atoms in total. The minimum atomic E-state index is 0.689. The number of aryl methyl sites for hydroxylation is 1. The Morgan fingerprint density at radius 1 is 1.11 bits per heavy atom. The van der Waals surface area contributed by atoms with Crippen molar-refractivity contribution in [3.63, 3.8) is 0 Å². The number of hydrogen-bond acceptors (Lipinski definition) is 4. The van der Waals surface area contributed by atoms with Crippen LogP contribution in [0, 0.1) is 6.92 Å². The molecular formula is C21H20ClN5S. The van der Waals surface area contributed by atoms with Crippen molar-refractivity contribution in [2.24, 2.45) is 0 Å². The summed E-state index contributed by atoms with van der Waals surface area (Å²) in [6, 6.07) is 16.3. The second-order valence-corrected chi connectivity index (χ2v) is 7.83.